The Morgan fingerprint density at radius 3 is 2.03 bits per heavy atom. The molecule has 10 heteroatoms. The van der Waals surface area contributed by atoms with Crippen LogP contribution >= 0.6 is 11.6 Å². The molecule has 0 spiro atoms. The van der Waals surface area contributed by atoms with Crippen molar-refractivity contribution in [2.75, 3.05) is 0 Å². The second-order valence-corrected chi connectivity index (χ2v) is 7.39. The molecule has 0 unspecified atom stereocenters. The zero-order valence-corrected chi connectivity index (χ0v) is 17.2. The number of hydrazine groups is 1. The van der Waals surface area contributed by atoms with Gasteiger partial charge in [0.25, 0.3) is 11.6 Å². The monoisotopic (exact) mass is 443 g/mol. The van der Waals surface area contributed by atoms with Gasteiger partial charge in [-0.15, -0.1) is 0 Å². The van der Waals surface area contributed by atoms with Crippen molar-refractivity contribution < 1.29 is 24.1 Å². The Kier molecular flexibility index (Phi) is 6.45. The van der Waals surface area contributed by atoms with Crippen LogP contribution in [0.3, 0.4) is 0 Å². The van der Waals surface area contributed by atoms with Gasteiger partial charge in [0.1, 0.15) is 6.04 Å². The molecule has 1 aliphatic rings. The Hall–Kier alpha value is -3.59. The molecule has 9 nitrogen and oxygen atoms in total. The molecule has 2 aromatic rings. The fourth-order valence-electron chi connectivity index (χ4n) is 3.25. The highest BCUT2D eigenvalue weighted by atomic mass is 35.5. The molecule has 0 radical (unpaired) electrons. The third-order valence-corrected chi connectivity index (χ3v) is 5.13. The van der Waals surface area contributed by atoms with Crippen molar-refractivity contribution >= 4 is 40.8 Å². The van der Waals surface area contributed by atoms with Crippen LogP contribution in [0.25, 0.3) is 0 Å². The first-order valence-corrected chi connectivity index (χ1v) is 9.82. The van der Waals surface area contributed by atoms with E-state index in [0.717, 1.165) is 17.1 Å². The molecular formula is C21H18ClN3O6. The highest BCUT2D eigenvalue weighted by Crippen LogP contribution is 2.23. The number of nitro groups is 1. The fourth-order valence-corrected chi connectivity index (χ4v) is 3.37. The van der Waals surface area contributed by atoms with Crippen LogP contribution in [0.4, 0.5) is 5.69 Å². The molecule has 1 aliphatic heterocycles. The summed E-state index contributed by atoms with van der Waals surface area (Å²) >= 11 is 5.86. The van der Waals surface area contributed by atoms with Crippen molar-refractivity contribution in [3.63, 3.8) is 0 Å². The van der Waals surface area contributed by atoms with Crippen molar-refractivity contribution in [3.8, 4) is 0 Å². The van der Waals surface area contributed by atoms with Gasteiger partial charge < -0.3 is 0 Å². The van der Waals surface area contributed by atoms with Crippen molar-refractivity contribution in [1.82, 2.24) is 10.0 Å². The summed E-state index contributed by atoms with van der Waals surface area (Å²) in [6.45, 7) is 1.41. The van der Waals surface area contributed by atoms with Gasteiger partial charge in [0.2, 0.25) is 11.8 Å². The SMILES string of the molecule is C[C@H](C(=O)c1ccc(Cl)cc1)N(C(=O)c1ccc([N+](=O)[O-])cc1)N1C(=O)CCCC1=O. The number of benzene rings is 2. The van der Waals surface area contributed by atoms with Gasteiger partial charge in [0.05, 0.1) is 4.92 Å². The molecule has 1 fully saturated rings. The number of carbonyl (C=O) groups is 4. The van der Waals surface area contributed by atoms with Gasteiger partial charge in [-0.3, -0.25) is 29.3 Å². The first-order valence-electron chi connectivity index (χ1n) is 9.44. The van der Waals surface area contributed by atoms with E-state index in [4.69, 9.17) is 11.6 Å². The molecule has 0 saturated carbocycles. The first-order chi connectivity index (χ1) is 14.7. The van der Waals surface area contributed by atoms with E-state index in [2.05, 4.69) is 0 Å². The summed E-state index contributed by atoms with van der Waals surface area (Å²) in [6, 6.07) is 9.49. The number of amides is 3. The largest absolute Gasteiger partial charge is 0.292 e. The summed E-state index contributed by atoms with van der Waals surface area (Å²) in [5.41, 5.74) is 0.0151. The van der Waals surface area contributed by atoms with E-state index in [1.165, 1.54) is 43.3 Å². The average Bonchev–Trinajstić information content (AvgIpc) is 2.75. The molecule has 0 N–H and O–H groups in total. The molecule has 31 heavy (non-hydrogen) atoms. The number of imide groups is 1. The number of nitrogens with zero attached hydrogens (tertiary/aromatic N) is 3. The standard InChI is InChI=1S/C21H18ClN3O6/c1-13(20(28)14-5-9-16(22)10-6-14)23(24-18(26)3-2-4-19(24)27)21(29)15-7-11-17(12-8-15)25(30)31/h5-13H,2-4H2,1H3/t13-/m1/s1. The van der Waals surface area contributed by atoms with Gasteiger partial charge in [-0.05, 0) is 49.7 Å². The summed E-state index contributed by atoms with van der Waals surface area (Å²) in [7, 11) is 0. The van der Waals surface area contributed by atoms with E-state index in [-0.39, 0.29) is 29.7 Å². The smallest absolute Gasteiger partial charge is 0.273 e. The van der Waals surface area contributed by atoms with Gasteiger partial charge in [-0.25, -0.2) is 5.01 Å². The molecule has 3 rings (SSSR count). The maximum Gasteiger partial charge on any atom is 0.273 e. The molecule has 160 valence electrons. The molecular weight excluding hydrogens is 426 g/mol. The number of hydrogen-bond donors (Lipinski definition) is 0. The second-order valence-electron chi connectivity index (χ2n) is 6.95. The van der Waals surface area contributed by atoms with Crippen LogP contribution in [-0.4, -0.2) is 44.5 Å². The average molecular weight is 444 g/mol. The molecule has 1 saturated heterocycles. The third kappa shape index (κ3) is 4.61. The van der Waals surface area contributed by atoms with Crippen LogP contribution in [0.5, 0.6) is 0 Å². The van der Waals surface area contributed by atoms with Crippen LogP contribution in [-0.2, 0) is 9.59 Å². The minimum Gasteiger partial charge on any atom is -0.292 e. The summed E-state index contributed by atoms with van der Waals surface area (Å²) in [5, 5.41) is 12.9. The lowest BCUT2D eigenvalue weighted by molar-refractivity contribution is -0.384. The number of nitro benzene ring substituents is 1. The Labute approximate surface area is 182 Å². The first kappa shape index (κ1) is 22.1. The number of hydrogen-bond acceptors (Lipinski definition) is 6. The minimum absolute atomic E-state index is 0.00692. The minimum atomic E-state index is -1.20. The number of carbonyl (C=O) groups excluding carboxylic acids is 4. The third-order valence-electron chi connectivity index (χ3n) is 4.88. The quantitative estimate of drug-likeness (QED) is 0.292. The van der Waals surface area contributed by atoms with Crippen LogP contribution < -0.4 is 0 Å². The number of rotatable bonds is 6. The van der Waals surface area contributed by atoms with E-state index in [0.29, 0.717) is 16.5 Å². The molecule has 0 aliphatic carbocycles. The summed E-state index contributed by atoms with van der Waals surface area (Å²) in [6.07, 6.45) is 0.461. The van der Waals surface area contributed by atoms with Crippen molar-refractivity contribution in [2.45, 2.75) is 32.2 Å². The molecule has 1 atom stereocenters. The fraction of sp³-hybridized carbons (Fsp3) is 0.238. The van der Waals surface area contributed by atoms with E-state index in [1.807, 2.05) is 0 Å². The van der Waals surface area contributed by atoms with Crippen LogP contribution in [0, 0.1) is 10.1 Å². The number of ketones is 1. The summed E-state index contributed by atoms with van der Waals surface area (Å²) in [5.74, 6) is -2.49. The van der Waals surface area contributed by atoms with Gasteiger partial charge in [0.15, 0.2) is 5.78 Å². The van der Waals surface area contributed by atoms with Crippen molar-refractivity contribution in [2.24, 2.45) is 0 Å². The Morgan fingerprint density at radius 1 is 1.00 bits per heavy atom. The van der Waals surface area contributed by atoms with Gasteiger partial charge in [0, 0.05) is 41.1 Å². The van der Waals surface area contributed by atoms with E-state index in [9.17, 15) is 29.3 Å². The van der Waals surface area contributed by atoms with Gasteiger partial charge in [-0.1, -0.05) is 11.6 Å². The second kappa shape index (κ2) is 9.05. The van der Waals surface area contributed by atoms with E-state index in [1.54, 1.807) is 0 Å². The van der Waals surface area contributed by atoms with Crippen molar-refractivity contribution in [1.29, 1.82) is 0 Å². The molecule has 1 heterocycles. The highest BCUT2D eigenvalue weighted by molar-refractivity contribution is 6.30. The number of halogens is 1. The molecule has 0 bridgehead atoms. The maximum absolute atomic E-state index is 13.3. The predicted octanol–water partition coefficient (Wildman–Crippen LogP) is 3.42. The lowest BCUT2D eigenvalue weighted by atomic mass is 10.0. The maximum atomic E-state index is 13.3. The topological polar surface area (TPSA) is 118 Å². The number of piperidine rings is 1. The Morgan fingerprint density at radius 2 is 1.52 bits per heavy atom. The van der Waals surface area contributed by atoms with Gasteiger partial charge >= 0.3 is 0 Å². The number of Topliss-reactive ketones (excluding diaryl/α,β-unsaturated/α-hetero) is 1. The van der Waals surface area contributed by atoms with E-state index >= 15 is 0 Å². The summed E-state index contributed by atoms with van der Waals surface area (Å²) in [4.78, 5) is 61.7. The Balaban J connectivity index is 2.01. The lowest BCUT2D eigenvalue weighted by Gasteiger charge is -2.38. The summed E-state index contributed by atoms with van der Waals surface area (Å²) < 4.78 is 0. The van der Waals surface area contributed by atoms with Crippen molar-refractivity contribution in [3.05, 3.63) is 74.8 Å². The molecule has 2 aromatic carbocycles. The van der Waals surface area contributed by atoms with E-state index < -0.39 is 34.5 Å². The van der Waals surface area contributed by atoms with Crippen LogP contribution in [0.1, 0.15) is 46.9 Å². The van der Waals surface area contributed by atoms with Gasteiger partial charge in [-0.2, -0.15) is 5.01 Å². The predicted molar refractivity (Wildman–Crippen MR) is 110 cm³/mol. The Bertz CT molecular complexity index is 1040. The van der Waals surface area contributed by atoms with Crippen LogP contribution in [0.2, 0.25) is 5.02 Å². The van der Waals surface area contributed by atoms with Crippen LogP contribution in [0.15, 0.2) is 48.5 Å². The molecule has 3 amide bonds. The highest BCUT2D eigenvalue weighted by Gasteiger charge is 2.40. The zero-order chi connectivity index (χ0) is 22.7. The lowest BCUT2D eigenvalue weighted by Crippen LogP contribution is -2.59. The molecule has 0 aromatic heterocycles. The zero-order valence-electron chi connectivity index (χ0n) is 16.5. The number of non-ortho nitro benzene ring substituents is 1. The normalized spacial score (nSPS) is 14.8.